The maximum Gasteiger partial charge on any atom is 0.0540 e. The second-order valence-corrected chi connectivity index (χ2v) is 31.2. The number of hydrogen-bond donors (Lipinski definition) is 1. The Labute approximate surface area is 702 Å². The summed E-state index contributed by atoms with van der Waals surface area (Å²) in [7, 11) is 0. The lowest BCUT2D eigenvalue weighted by Crippen LogP contribution is -2.11. The van der Waals surface area contributed by atoms with Crippen LogP contribution < -0.4 is 10.2 Å². The molecule has 560 valence electrons. The third-order valence-electron chi connectivity index (χ3n) is 23.2. The van der Waals surface area contributed by atoms with Gasteiger partial charge in [0.25, 0.3) is 0 Å². The summed E-state index contributed by atoms with van der Waals surface area (Å²) in [4.78, 5) is 2.44. The number of rotatable bonds is 13. The summed E-state index contributed by atoms with van der Waals surface area (Å²) < 4.78 is 1.12. The van der Waals surface area contributed by atoms with Crippen LogP contribution in [-0.2, 0) is 0 Å². The van der Waals surface area contributed by atoms with Gasteiger partial charge >= 0.3 is 0 Å². The molecule has 119 heavy (non-hydrogen) atoms. The van der Waals surface area contributed by atoms with Gasteiger partial charge in [-0.2, -0.15) is 0 Å². The number of halogens is 1. The molecular weight excluding hydrogens is 1500 g/mol. The normalized spacial score (nSPS) is 11.2. The van der Waals surface area contributed by atoms with E-state index >= 15 is 0 Å². The average Bonchev–Trinajstić information content (AvgIpc) is 0.766. The molecule has 0 aliphatic rings. The van der Waals surface area contributed by atoms with E-state index in [1.807, 2.05) is 12.1 Å². The van der Waals surface area contributed by atoms with Gasteiger partial charge < -0.3 is 10.2 Å². The standard InChI is InChI=1S/C58H39N.C40H27N.C18H13Br/c1-3-16-40(17-4-1)43-32-35-58(57(37-43)41-18-5-2-6-19-41)59(47-33-30-42(31-34-47)55-38-45-20-7-9-24-49(45)51-26-11-13-28-53(51)55)48-23-15-22-44(36-48)56-39-46-21-8-10-25-50(46)52-27-12-14-29-54(52)56;1-3-14-33-29(10-1)25-39(37-18-7-5-16-35(33)37)27-20-22-31(23-21-27)41-32-13-9-12-28(24-32)40-26-30-11-2-4-15-34(30)36-17-6-8-19-38(36)40;19-18-12-11-16(14-7-3-1-4-8-14)13-17(18)15-9-5-2-6-10-15/h1-39H;1-26,41H;1-13H. The van der Waals surface area contributed by atoms with Gasteiger partial charge in [0.1, 0.15) is 0 Å². The minimum Gasteiger partial charge on any atom is -0.356 e. The Morgan fingerprint density at radius 2 is 0.462 bits per heavy atom. The zero-order chi connectivity index (χ0) is 79.4. The molecule has 0 aliphatic heterocycles. The van der Waals surface area contributed by atoms with Crippen molar-refractivity contribution in [2.45, 2.75) is 0 Å². The highest BCUT2D eigenvalue weighted by atomic mass is 79.9. The molecule has 0 aromatic heterocycles. The lowest BCUT2D eigenvalue weighted by Gasteiger charge is -2.29. The van der Waals surface area contributed by atoms with Crippen molar-refractivity contribution >= 4 is 131 Å². The van der Waals surface area contributed by atoms with Crippen molar-refractivity contribution < 1.29 is 0 Å². The van der Waals surface area contributed by atoms with Gasteiger partial charge in [0.15, 0.2) is 0 Å². The molecule has 22 aromatic rings. The molecule has 2 nitrogen and oxygen atoms in total. The molecular formula is C116H79BrN2. The van der Waals surface area contributed by atoms with E-state index in [2.05, 4.69) is 487 Å². The van der Waals surface area contributed by atoms with Crippen LogP contribution in [0.3, 0.4) is 0 Å². The van der Waals surface area contributed by atoms with Crippen molar-refractivity contribution in [3.05, 3.63) is 478 Å². The van der Waals surface area contributed by atoms with Gasteiger partial charge in [-0.15, -0.1) is 0 Å². The zero-order valence-electron chi connectivity index (χ0n) is 65.4. The van der Waals surface area contributed by atoms with Crippen molar-refractivity contribution in [1.82, 2.24) is 0 Å². The number of benzene rings is 22. The Bertz CT molecular complexity index is 7490. The number of fused-ring (bicyclic) bond motifs is 12. The summed E-state index contributed by atoms with van der Waals surface area (Å²) >= 11 is 3.64. The fourth-order valence-electron chi connectivity index (χ4n) is 17.4. The molecule has 22 aromatic carbocycles. The predicted octanol–water partition coefficient (Wildman–Crippen LogP) is 33.6. The summed E-state index contributed by atoms with van der Waals surface area (Å²) in [6.45, 7) is 0. The minimum atomic E-state index is 1.07. The molecule has 0 atom stereocenters. The van der Waals surface area contributed by atoms with E-state index in [1.54, 1.807) is 0 Å². The molecule has 0 aliphatic carbocycles. The first kappa shape index (κ1) is 72.9. The van der Waals surface area contributed by atoms with Crippen molar-refractivity contribution in [3.8, 4) is 89.0 Å². The van der Waals surface area contributed by atoms with Gasteiger partial charge in [-0.3, -0.25) is 0 Å². The van der Waals surface area contributed by atoms with Crippen LogP contribution in [0.2, 0.25) is 0 Å². The van der Waals surface area contributed by atoms with E-state index in [9.17, 15) is 0 Å². The Balaban J connectivity index is 0.000000130. The molecule has 0 heterocycles. The van der Waals surface area contributed by atoms with Crippen LogP contribution in [0.25, 0.3) is 175 Å². The van der Waals surface area contributed by atoms with Gasteiger partial charge in [-0.25, -0.2) is 0 Å². The topological polar surface area (TPSA) is 15.3 Å². The van der Waals surface area contributed by atoms with Crippen LogP contribution in [0.4, 0.5) is 28.4 Å². The summed E-state index contributed by atoms with van der Waals surface area (Å²) in [5.41, 5.74) is 24.8. The fraction of sp³-hybridized carbons (Fsp3) is 0. The number of anilines is 5. The second-order valence-electron chi connectivity index (χ2n) is 30.4. The van der Waals surface area contributed by atoms with Crippen molar-refractivity contribution in [1.29, 1.82) is 0 Å². The average molecular weight is 1580 g/mol. The largest absolute Gasteiger partial charge is 0.356 e. The maximum absolute atomic E-state index is 3.64. The summed E-state index contributed by atoms with van der Waals surface area (Å²) in [5.74, 6) is 0. The molecule has 22 rings (SSSR count). The monoisotopic (exact) mass is 1580 g/mol. The molecule has 0 unspecified atom stereocenters. The third-order valence-corrected chi connectivity index (χ3v) is 23.9. The van der Waals surface area contributed by atoms with Gasteiger partial charge in [-0.05, 0) is 267 Å². The second kappa shape index (κ2) is 32.7. The van der Waals surface area contributed by atoms with Gasteiger partial charge in [-0.1, -0.05) is 392 Å². The van der Waals surface area contributed by atoms with Crippen molar-refractivity contribution in [3.63, 3.8) is 0 Å². The summed E-state index contributed by atoms with van der Waals surface area (Å²) in [6, 6.07) is 171. The maximum atomic E-state index is 3.64. The van der Waals surface area contributed by atoms with Crippen LogP contribution >= 0.6 is 15.9 Å². The fourth-order valence-corrected chi connectivity index (χ4v) is 17.9. The molecule has 0 fully saturated rings. The first-order valence-electron chi connectivity index (χ1n) is 40.7. The van der Waals surface area contributed by atoms with Gasteiger partial charge in [0, 0.05) is 32.8 Å². The molecule has 0 spiro atoms. The highest BCUT2D eigenvalue weighted by Crippen LogP contribution is 2.47. The quantitative estimate of drug-likeness (QED) is 0.116. The molecule has 0 amide bonds. The van der Waals surface area contributed by atoms with E-state index in [1.165, 1.54) is 170 Å². The molecule has 3 heteroatoms. The van der Waals surface area contributed by atoms with Crippen molar-refractivity contribution in [2.75, 3.05) is 10.2 Å². The molecule has 0 saturated carbocycles. The van der Waals surface area contributed by atoms with E-state index in [-0.39, 0.29) is 0 Å². The predicted molar refractivity (Wildman–Crippen MR) is 515 cm³/mol. The third kappa shape index (κ3) is 14.7. The van der Waals surface area contributed by atoms with Crippen LogP contribution in [-0.4, -0.2) is 0 Å². The smallest absolute Gasteiger partial charge is 0.0540 e. The number of hydrogen-bond acceptors (Lipinski definition) is 2. The van der Waals surface area contributed by atoms with E-state index < -0.39 is 0 Å². The number of nitrogens with one attached hydrogen (secondary N) is 1. The minimum absolute atomic E-state index is 1.07. The lowest BCUT2D eigenvalue weighted by atomic mass is 9.92. The Kier molecular flexibility index (Phi) is 20.0. The highest BCUT2D eigenvalue weighted by Gasteiger charge is 2.22. The van der Waals surface area contributed by atoms with Crippen LogP contribution in [0, 0.1) is 0 Å². The number of nitrogens with zero attached hydrogens (tertiary/aromatic N) is 1. The lowest BCUT2D eigenvalue weighted by molar-refractivity contribution is 1.28. The van der Waals surface area contributed by atoms with Gasteiger partial charge in [0.2, 0.25) is 0 Å². The van der Waals surface area contributed by atoms with Crippen LogP contribution in [0.15, 0.2) is 478 Å². The Morgan fingerprint density at radius 3 is 0.891 bits per heavy atom. The Morgan fingerprint density at radius 1 is 0.160 bits per heavy atom. The van der Waals surface area contributed by atoms with E-state index in [0.717, 1.165) is 38.5 Å². The van der Waals surface area contributed by atoms with Crippen molar-refractivity contribution in [2.24, 2.45) is 0 Å². The summed E-state index contributed by atoms with van der Waals surface area (Å²) in [6.07, 6.45) is 0. The molecule has 1 N–H and O–H groups in total. The Hall–Kier alpha value is -15.0. The molecule has 0 radical (unpaired) electrons. The van der Waals surface area contributed by atoms with Crippen LogP contribution in [0.5, 0.6) is 0 Å². The first-order chi connectivity index (χ1) is 58.9. The first-order valence-corrected chi connectivity index (χ1v) is 41.5. The van der Waals surface area contributed by atoms with Crippen LogP contribution in [0.1, 0.15) is 0 Å². The van der Waals surface area contributed by atoms with E-state index in [4.69, 9.17) is 0 Å². The molecule has 0 saturated heterocycles. The SMILES string of the molecule is Brc1ccc(-c2ccccc2)cc1-c1ccccc1.c1cc(Nc2ccc(-c3cc4ccccc4c4ccccc34)cc2)cc(-c2cc3ccccc3c3ccccc23)c1.c1ccc(-c2ccc(N(c3ccc(-c4cc5ccccc5c5ccccc45)cc3)c3cccc(-c4cc5ccccc5c5ccccc45)c3)c(-c3ccccc3)c2)cc1. The van der Waals surface area contributed by atoms with Gasteiger partial charge in [0.05, 0.1) is 5.69 Å². The molecule has 0 bridgehead atoms. The van der Waals surface area contributed by atoms with E-state index in [0.29, 0.717) is 0 Å². The highest BCUT2D eigenvalue weighted by molar-refractivity contribution is 9.10. The summed E-state index contributed by atoms with van der Waals surface area (Å²) in [5, 5.41) is 24.0. The zero-order valence-corrected chi connectivity index (χ0v) is 66.9.